The molecule has 1 aromatic heterocycles. The number of aromatic nitrogens is 1. The molecular formula is C13H11BrN4O. The highest BCUT2D eigenvalue weighted by Crippen LogP contribution is 2.21. The van der Waals surface area contributed by atoms with E-state index in [1.54, 1.807) is 42.1 Å². The van der Waals surface area contributed by atoms with Crippen LogP contribution in [0.5, 0.6) is 0 Å². The predicted octanol–water partition coefficient (Wildman–Crippen LogP) is 2.49. The minimum atomic E-state index is -0.307. The number of anilines is 2. The summed E-state index contributed by atoms with van der Waals surface area (Å²) >= 11 is 3.28. The molecule has 0 fully saturated rings. The number of amides is 1. The number of nitrogen functional groups attached to an aromatic ring is 1. The van der Waals surface area contributed by atoms with E-state index in [0.717, 1.165) is 4.47 Å². The smallest absolute Gasteiger partial charge is 0.272 e. The highest BCUT2D eigenvalue weighted by Gasteiger charge is 2.13. The monoisotopic (exact) mass is 318 g/mol. The van der Waals surface area contributed by atoms with Crippen LogP contribution >= 0.6 is 15.9 Å². The van der Waals surface area contributed by atoms with Crippen LogP contribution in [0.3, 0.4) is 0 Å². The van der Waals surface area contributed by atoms with E-state index in [9.17, 15) is 4.79 Å². The molecule has 19 heavy (non-hydrogen) atoms. The third-order valence-corrected chi connectivity index (χ3v) is 3.10. The van der Waals surface area contributed by atoms with E-state index in [0.29, 0.717) is 22.6 Å². The van der Waals surface area contributed by atoms with Crippen molar-refractivity contribution in [3.8, 4) is 6.07 Å². The lowest BCUT2D eigenvalue weighted by molar-refractivity contribution is 0.101. The summed E-state index contributed by atoms with van der Waals surface area (Å²) in [6, 6.07) is 8.70. The zero-order valence-electron chi connectivity index (χ0n) is 10.1. The Labute approximate surface area is 118 Å². The van der Waals surface area contributed by atoms with Gasteiger partial charge in [-0.2, -0.15) is 5.26 Å². The van der Waals surface area contributed by atoms with E-state index >= 15 is 0 Å². The van der Waals surface area contributed by atoms with Crippen LogP contribution in [0.4, 0.5) is 11.4 Å². The van der Waals surface area contributed by atoms with Crippen molar-refractivity contribution in [3.63, 3.8) is 0 Å². The summed E-state index contributed by atoms with van der Waals surface area (Å²) < 4.78 is 2.42. The van der Waals surface area contributed by atoms with E-state index in [2.05, 4.69) is 21.2 Å². The molecule has 1 aromatic carbocycles. The molecular weight excluding hydrogens is 308 g/mol. The summed E-state index contributed by atoms with van der Waals surface area (Å²) in [5, 5.41) is 11.7. The van der Waals surface area contributed by atoms with Crippen LogP contribution < -0.4 is 11.1 Å². The Morgan fingerprint density at radius 1 is 1.47 bits per heavy atom. The summed E-state index contributed by atoms with van der Waals surface area (Å²) in [5.74, 6) is -0.307. The predicted molar refractivity (Wildman–Crippen MR) is 76.6 cm³/mol. The van der Waals surface area contributed by atoms with E-state index in [-0.39, 0.29) is 5.91 Å². The molecule has 0 aliphatic rings. The van der Waals surface area contributed by atoms with E-state index in [1.165, 1.54) is 0 Å². The number of rotatable bonds is 2. The van der Waals surface area contributed by atoms with Crippen molar-refractivity contribution in [3.05, 3.63) is 46.2 Å². The zero-order chi connectivity index (χ0) is 14.0. The lowest BCUT2D eigenvalue weighted by atomic mass is 10.2. The Hall–Kier alpha value is -2.26. The third-order valence-electron chi connectivity index (χ3n) is 2.61. The number of nitrogens with zero attached hydrogens (tertiary/aromatic N) is 2. The summed E-state index contributed by atoms with van der Waals surface area (Å²) in [4.78, 5) is 12.1. The average Bonchev–Trinajstić information content (AvgIpc) is 2.70. The first-order valence-electron chi connectivity index (χ1n) is 5.44. The number of carbonyl (C=O) groups is 1. The van der Waals surface area contributed by atoms with Gasteiger partial charge in [0, 0.05) is 17.7 Å². The molecule has 3 N–H and O–H groups in total. The molecule has 0 aliphatic carbocycles. The SMILES string of the molecule is Cn1cc(N)cc1C(=O)Nc1ccc(Br)cc1C#N. The number of nitrogens with two attached hydrogens (primary N) is 1. The van der Waals surface area contributed by atoms with Crippen molar-refractivity contribution >= 4 is 33.2 Å². The van der Waals surface area contributed by atoms with Crippen molar-refractivity contribution in [2.75, 3.05) is 11.1 Å². The first-order valence-corrected chi connectivity index (χ1v) is 6.23. The minimum Gasteiger partial charge on any atom is -0.397 e. The van der Waals surface area contributed by atoms with Gasteiger partial charge in [-0.1, -0.05) is 15.9 Å². The molecule has 6 heteroatoms. The van der Waals surface area contributed by atoms with Gasteiger partial charge in [0.1, 0.15) is 11.8 Å². The molecule has 2 rings (SSSR count). The molecule has 0 saturated carbocycles. The van der Waals surface area contributed by atoms with Crippen LogP contribution in [0, 0.1) is 11.3 Å². The lowest BCUT2D eigenvalue weighted by Gasteiger charge is -2.07. The topological polar surface area (TPSA) is 83.8 Å². The van der Waals surface area contributed by atoms with Gasteiger partial charge in [0.2, 0.25) is 0 Å². The Bertz CT molecular complexity index is 684. The first kappa shape index (κ1) is 13.2. The second-order valence-corrected chi connectivity index (χ2v) is 4.94. The fourth-order valence-electron chi connectivity index (χ4n) is 1.72. The Morgan fingerprint density at radius 3 is 2.79 bits per heavy atom. The van der Waals surface area contributed by atoms with Crippen LogP contribution in [0.25, 0.3) is 0 Å². The third kappa shape index (κ3) is 2.77. The average molecular weight is 319 g/mol. The number of halogens is 1. The first-order chi connectivity index (χ1) is 9.01. The maximum absolute atomic E-state index is 12.1. The van der Waals surface area contributed by atoms with Crippen molar-refractivity contribution in [2.24, 2.45) is 7.05 Å². The molecule has 2 aromatic rings. The summed E-state index contributed by atoms with van der Waals surface area (Å²) in [5.41, 5.74) is 7.44. The molecule has 1 heterocycles. The summed E-state index contributed by atoms with van der Waals surface area (Å²) in [7, 11) is 1.73. The Morgan fingerprint density at radius 2 is 2.21 bits per heavy atom. The normalized spacial score (nSPS) is 9.95. The van der Waals surface area contributed by atoms with Gasteiger partial charge in [-0.3, -0.25) is 4.79 Å². The van der Waals surface area contributed by atoms with Gasteiger partial charge in [-0.25, -0.2) is 0 Å². The van der Waals surface area contributed by atoms with E-state index in [1.807, 2.05) is 6.07 Å². The van der Waals surface area contributed by atoms with E-state index < -0.39 is 0 Å². The van der Waals surface area contributed by atoms with Gasteiger partial charge in [0.25, 0.3) is 5.91 Å². The molecule has 0 aliphatic heterocycles. The number of aryl methyl sites for hydroxylation is 1. The molecule has 0 radical (unpaired) electrons. The number of benzene rings is 1. The molecule has 0 spiro atoms. The summed E-state index contributed by atoms with van der Waals surface area (Å²) in [6.07, 6.45) is 1.65. The van der Waals surface area contributed by atoms with Gasteiger partial charge in [0.15, 0.2) is 0 Å². The Kier molecular flexibility index (Phi) is 3.58. The van der Waals surface area contributed by atoms with Gasteiger partial charge in [0.05, 0.1) is 16.9 Å². The molecule has 0 atom stereocenters. The molecule has 96 valence electrons. The lowest BCUT2D eigenvalue weighted by Crippen LogP contribution is -2.16. The largest absolute Gasteiger partial charge is 0.397 e. The van der Waals surface area contributed by atoms with Crippen LogP contribution in [0.2, 0.25) is 0 Å². The van der Waals surface area contributed by atoms with Crippen molar-refractivity contribution in [1.82, 2.24) is 4.57 Å². The fraction of sp³-hybridized carbons (Fsp3) is 0.0769. The zero-order valence-corrected chi connectivity index (χ0v) is 11.7. The van der Waals surface area contributed by atoms with Crippen LogP contribution in [0.15, 0.2) is 34.9 Å². The number of nitriles is 1. The quantitative estimate of drug-likeness (QED) is 0.892. The second-order valence-electron chi connectivity index (χ2n) is 4.03. The van der Waals surface area contributed by atoms with Crippen LogP contribution in [-0.2, 0) is 7.05 Å². The van der Waals surface area contributed by atoms with Crippen molar-refractivity contribution in [2.45, 2.75) is 0 Å². The highest BCUT2D eigenvalue weighted by atomic mass is 79.9. The molecule has 1 amide bonds. The highest BCUT2D eigenvalue weighted by molar-refractivity contribution is 9.10. The van der Waals surface area contributed by atoms with E-state index in [4.69, 9.17) is 11.0 Å². The molecule has 0 unspecified atom stereocenters. The van der Waals surface area contributed by atoms with Gasteiger partial charge in [-0.05, 0) is 24.3 Å². The number of hydrogen-bond donors (Lipinski definition) is 2. The second kappa shape index (κ2) is 5.16. The standard InChI is InChI=1S/C13H11BrN4O/c1-18-7-10(16)5-12(18)13(19)17-11-3-2-9(14)4-8(11)6-15/h2-5,7H,16H2,1H3,(H,17,19). The van der Waals surface area contributed by atoms with Gasteiger partial charge >= 0.3 is 0 Å². The molecule has 0 saturated heterocycles. The molecule has 0 bridgehead atoms. The van der Waals surface area contributed by atoms with Crippen molar-refractivity contribution < 1.29 is 4.79 Å². The maximum atomic E-state index is 12.1. The van der Waals surface area contributed by atoms with Gasteiger partial charge in [-0.15, -0.1) is 0 Å². The minimum absolute atomic E-state index is 0.307. The maximum Gasteiger partial charge on any atom is 0.272 e. The van der Waals surface area contributed by atoms with Crippen molar-refractivity contribution in [1.29, 1.82) is 5.26 Å². The fourth-order valence-corrected chi connectivity index (χ4v) is 2.08. The summed E-state index contributed by atoms with van der Waals surface area (Å²) in [6.45, 7) is 0. The molecule has 5 nitrogen and oxygen atoms in total. The van der Waals surface area contributed by atoms with Crippen LogP contribution in [-0.4, -0.2) is 10.5 Å². The number of carbonyl (C=O) groups excluding carboxylic acids is 1. The number of hydrogen-bond acceptors (Lipinski definition) is 3. The Balaban J connectivity index is 2.29. The van der Waals surface area contributed by atoms with Gasteiger partial charge < -0.3 is 15.6 Å². The number of nitrogens with one attached hydrogen (secondary N) is 1. The van der Waals surface area contributed by atoms with Crippen LogP contribution in [0.1, 0.15) is 16.1 Å².